The van der Waals surface area contributed by atoms with Gasteiger partial charge in [0.1, 0.15) is 11.9 Å². The number of carbonyl (C=O) groups excluding carboxylic acids is 1. The highest BCUT2D eigenvalue weighted by Gasteiger charge is 2.35. The van der Waals surface area contributed by atoms with Crippen LogP contribution in [0.25, 0.3) is 0 Å². The molecular formula is C17H18FN3O3. The minimum absolute atomic E-state index is 0.0230. The molecule has 6 nitrogen and oxygen atoms in total. The average Bonchev–Trinajstić information content (AvgIpc) is 3.34. The third kappa shape index (κ3) is 2.98. The quantitative estimate of drug-likeness (QED) is 0.862. The van der Waals surface area contributed by atoms with E-state index in [0.717, 1.165) is 12.8 Å². The van der Waals surface area contributed by atoms with Gasteiger partial charge in [0.05, 0.1) is 0 Å². The topological polar surface area (TPSA) is 68.5 Å². The Hall–Kier alpha value is -2.44. The number of hydrogen-bond donors (Lipinski definition) is 0. The maximum atomic E-state index is 13.6. The fourth-order valence-electron chi connectivity index (χ4n) is 2.99. The first-order valence-electron chi connectivity index (χ1n) is 8.22. The molecule has 1 amide bonds. The molecule has 2 aliphatic rings. The first-order chi connectivity index (χ1) is 11.7. The van der Waals surface area contributed by atoms with Crippen molar-refractivity contribution in [3.63, 3.8) is 0 Å². The minimum atomic E-state index is -0.465. The molecule has 126 valence electrons. The molecule has 24 heavy (non-hydrogen) atoms. The first kappa shape index (κ1) is 15.1. The highest BCUT2D eigenvalue weighted by Crippen LogP contribution is 2.41. The molecule has 2 aromatic heterocycles. The molecule has 1 saturated heterocycles. The Morgan fingerprint density at radius 3 is 2.75 bits per heavy atom. The molecule has 0 aromatic carbocycles. The van der Waals surface area contributed by atoms with Gasteiger partial charge >= 0.3 is 0 Å². The van der Waals surface area contributed by atoms with Crippen molar-refractivity contribution in [2.24, 2.45) is 0 Å². The van der Waals surface area contributed by atoms with Crippen LogP contribution in [0.3, 0.4) is 0 Å². The van der Waals surface area contributed by atoms with Gasteiger partial charge in [-0.15, -0.1) is 0 Å². The van der Waals surface area contributed by atoms with Crippen molar-refractivity contribution in [3.8, 4) is 5.88 Å². The Labute approximate surface area is 138 Å². The van der Waals surface area contributed by atoms with E-state index < -0.39 is 5.82 Å². The third-order valence-corrected chi connectivity index (χ3v) is 4.48. The van der Waals surface area contributed by atoms with Crippen molar-refractivity contribution < 1.29 is 18.3 Å². The second-order valence-electron chi connectivity index (χ2n) is 6.24. The van der Waals surface area contributed by atoms with Crippen molar-refractivity contribution in [1.29, 1.82) is 0 Å². The van der Waals surface area contributed by atoms with Gasteiger partial charge in [-0.25, -0.2) is 14.4 Å². The zero-order valence-corrected chi connectivity index (χ0v) is 13.2. The monoisotopic (exact) mass is 331 g/mol. The van der Waals surface area contributed by atoms with E-state index in [1.807, 2.05) is 0 Å². The van der Waals surface area contributed by atoms with E-state index >= 15 is 0 Å². The molecule has 1 aliphatic carbocycles. The van der Waals surface area contributed by atoms with E-state index in [1.165, 1.54) is 24.7 Å². The van der Waals surface area contributed by atoms with Crippen LogP contribution in [0.5, 0.6) is 5.88 Å². The summed E-state index contributed by atoms with van der Waals surface area (Å²) in [5, 5.41) is 0. The minimum Gasteiger partial charge on any atom is -0.472 e. The summed E-state index contributed by atoms with van der Waals surface area (Å²) in [6.07, 6.45) is 6.10. The van der Waals surface area contributed by atoms with Crippen LogP contribution < -0.4 is 4.74 Å². The van der Waals surface area contributed by atoms with Crippen molar-refractivity contribution in [2.45, 2.75) is 37.7 Å². The van der Waals surface area contributed by atoms with Crippen LogP contribution in [0.1, 0.15) is 47.8 Å². The first-order valence-corrected chi connectivity index (χ1v) is 8.22. The lowest BCUT2D eigenvalue weighted by Gasteiger charge is -2.31. The lowest BCUT2D eigenvalue weighted by atomic mass is 10.1. The van der Waals surface area contributed by atoms with Gasteiger partial charge in [0.15, 0.2) is 17.9 Å². The van der Waals surface area contributed by atoms with Crippen LogP contribution in [0.4, 0.5) is 4.39 Å². The number of aromatic nitrogens is 2. The van der Waals surface area contributed by atoms with Gasteiger partial charge in [0, 0.05) is 38.0 Å². The molecule has 2 fully saturated rings. The summed E-state index contributed by atoms with van der Waals surface area (Å²) in [5.41, 5.74) is 0.438. The van der Waals surface area contributed by atoms with E-state index in [0.29, 0.717) is 43.3 Å². The van der Waals surface area contributed by atoms with Crippen LogP contribution in [0.2, 0.25) is 0 Å². The zero-order chi connectivity index (χ0) is 16.5. The van der Waals surface area contributed by atoms with Crippen molar-refractivity contribution >= 4 is 5.91 Å². The summed E-state index contributed by atoms with van der Waals surface area (Å²) in [5.74, 6) is 0.531. The molecule has 0 atom stereocenters. The Kier molecular flexibility index (Phi) is 3.92. The van der Waals surface area contributed by atoms with Gasteiger partial charge in [-0.1, -0.05) is 0 Å². The Morgan fingerprint density at radius 1 is 1.25 bits per heavy atom. The number of rotatable bonds is 4. The van der Waals surface area contributed by atoms with E-state index in [2.05, 4.69) is 9.97 Å². The van der Waals surface area contributed by atoms with E-state index in [1.54, 1.807) is 4.90 Å². The molecule has 1 aliphatic heterocycles. The molecule has 3 heterocycles. The number of oxazole rings is 1. The van der Waals surface area contributed by atoms with E-state index in [-0.39, 0.29) is 17.9 Å². The number of pyridine rings is 1. The van der Waals surface area contributed by atoms with Crippen LogP contribution >= 0.6 is 0 Å². The van der Waals surface area contributed by atoms with Crippen LogP contribution in [-0.4, -0.2) is 40.0 Å². The molecule has 7 heteroatoms. The SMILES string of the molecule is O=C(c1ncoc1C1CC1)N1CCC(Oc2ncccc2F)CC1. The number of ether oxygens (including phenoxy) is 1. The van der Waals surface area contributed by atoms with Crippen molar-refractivity contribution in [3.05, 3.63) is 42.0 Å². The van der Waals surface area contributed by atoms with E-state index in [4.69, 9.17) is 9.15 Å². The lowest BCUT2D eigenvalue weighted by molar-refractivity contribution is 0.0572. The van der Waals surface area contributed by atoms with Gasteiger partial charge in [0.25, 0.3) is 11.8 Å². The normalized spacial score (nSPS) is 18.6. The number of hydrogen-bond acceptors (Lipinski definition) is 5. The largest absolute Gasteiger partial charge is 0.472 e. The van der Waals surface area contributed by atoms with Crippen molar-refractivity contribution in [2.75, 3.05) is 13.1 Å². The molecule has 0 spiro atoms. The predicted molar refractivity (Wildman–Crippen MR) is 82.2 cm³/mol. The summed E-state index contributed by atoms with van der Waals surface area (Å²) < 4.78 is 24.6. The number of carbonyl (C=O) groups is 1. The van der Waals surface area contributed by atoms with E-state index in [9.17, 15) is 9.18 Å². The molecule has 4 rings (SSSR count). The smallest absolute Gasteiger partial charge is 0.276 e. The summed E-state index contributed by atoms with van der Waals surface area (Å²) in [4.78, 5) is 22.4. The standard InChI is InChI=1S/C17H18FN3O3/c18-13-2-1-7-19-16(13)24-12-5-8-21(9-6-12)17(22)14-15(11-3-4-11)23-10-20-14/h1-2,7,10-12H,3-6,8-9H2. The highest BCUT2D eigenvalue weighted by atomic mass is 19.1. The molecule has 0 bridgehead atoms. The molecule has 2 aromatic rings. The van der Waals surface area contributed by atoms with Gasteiger partial charge in [-0.3, -0.25) is 4.79 Å². The Balaban J connectivity index is 1.36. The summed E-state index contributed by atoms with van der Waals surface area (Å²) >= 11 is 0. The summed E-state index contributed by atoms with van der Waals surface area (Å²) in [6, 6.07) is 2.85. The number of amides is 1. The number of nitrogens with zero attached hydrogens (tertiary/aromatic N) is 3. The summed E-state index contributed by atoms with van der Waals surface area (Å²) in [6.45, 7) is 1.10. The van der Waals surface area contributed by atoms with Crippen LogP contribution in [0.15, 0.2) is 29.1 Å². The zero-order valence-electron chi connectivity index (χ0n) is 13.2. The van der Waals surface area contributed by atoms with Gasteiger partial charge in [-0.05, 0) is 25.0 Å². The molecule has 0 N–H and O–H groups in total. The molecule has 0 unspecified atom stereocenters. The highest BCUT2D eigenvalue weighted by molar-refractivity contribution is 5.93. The second-order valence-corrected chi connectivity index (χ2v) is 6.24. The Morgan fingerprint density at radius 2 is 2.04 bits per heavy atom. The second kappa shape index (κ2) is 6.22. The maximum Gasteiger partial charge on any atom is 0.276 e. The van der Waals surface area contributed by atoms with Crippen molar-refractivity contribution in [1.82, 2.24) is 14.9 Å². The van der Waals surface area contributed by atoms with Gasteiger partial charge < -0.3 is 14.1 Å². The molecule has 1 saturated carbocycles. The van der Waals surface area contributed by atoms with Gasteiger partial charge in [-0.2, -0.15) is 0 Å². The van der Waals surface area contributed by atoms with Crippen LogP contribution in [-0.2, 0) is 0 Å². The molecule has 0 radical (unpaired) electrons. The number of piperidine rings is 1. The molecular weight excluding hydrogens is 313 g/mol. The Bertz CT molecular complexity index is 736. The fraction of sp³-hybridized carbons (Fsp3) is 0.471. The number of halogens is 1. The van der Waals surface area contributed by atoms with Gasteiger partial charge in [0.2, 0.25) is 0 Å². The average molecular weight is 331 g/mol. The van der Waals surface area contributed by atoms with Crippen LogP contribution in [0, 0.1) is 5.82 Å². The number of likely N-dealkylation sites (tertiary alicyclic amines) is 1. The fourth-order valence-corrected chi connectivity index (χ4v) is 2.99. The third-order valence-electron chi connectivity index (χ3n) is 4.48. The predicted octanol–water partition coefficient (Wildman–Crippen LogP) is 2.77. The summed E-state index contributed by atoms with van der Waals surface area (Å²) in [7, 11) is 0. The lowest BCUT2D eigenvalue weighted by Crippen LogP contribution is -2.42. The maximum absolute atomic E-state index is 13.6.